The molecular weight excluding hydrogens is 495 g/mol. The number of H-pyrrole nitrogens is 1. The lowest BCUT2D eigenvalue weighted by Gasteiger charge is -2.42. The molecule has 1 aromatic heterocycles. The van der Waals surface area contributed by atoms with Crippen molar-refractivity contribution in [1.29, 1.82) is 5.26 Å². The van der Waals surface area contributed by atoms with Crippen LogP contribution in [0.4, 0.5) is 9.18 Å². The highest BCUT2D eigenvalue weighted by Gasteiger charge is 2.39. The molecule has 1 aliphatic heterocycles. The summed E-state index contributed by atoms with van der Waals surface area (Å²) in [6.07, 6.45) is 3.35. The van der Waals surface area contributed by atoms with Gasteiger partial charge >= 0.3 is 6.09 Å². The molecule has 1 aliphatic rings. The van der Waals surface area contributed by atoms with Crippen LogP contribution in [0, 0.1) is 17.1 Å². The number of fused-ring (bicyclic) bond motifs is 1. The summed E-state index contributed by atoms with van der Waals surface area (Å²) in [5.74, 6) is -0.288. The van der Waals surface area contributed by atoms with E-state index in [-0.39, 0.29) is 17.3 Å². The number of nitrogens with zero attached hydrogens (tertiary/aromatic N) is 3. The first-order chi connectivity index (χ1) is 17.6. The minimum absolute atomic E-state index is 0.288. The fraction of sp³-hybridized carbons (Fsp3) is 0.464. The van der Waals surface area contributed by atoms with E-state index in [0.29, 0.717) is 45.6 Å². The number of nitriles is 1. The van der Waals surface area contributed by atoms with E-state index in [0.717, 1.165) is 27.6 Å². The Kier molecular flexibility index (Phi) is 8.05. The lowest BCUT2D eigenvalue weighted by Crippen LogP contribution is -2.48. The molecule has 9 heteroatoms. The summed E-state index contributed by atoms with van der Waals surface area (Å²) in [5.41, 5.74) is 2.69. The van der Waals surface area contributed by atoms with Crippen molar-refractivity contribution in [2.75, 3.05) is 26.3 Å². The molecule has 3 aromatic rings. The minimum Gasteiger partial charge on any atom is -0.444 e. The third-order valence-electron chi connectivity index (χ3n) is 6.78. The highest BCUT2D eigenvalue weighted by Crippen LogP contribution is 2.37. The predicted octanol–water partition coefficient (Wildman–Crippen LogP) is 6.03. The molecule has 1 amide bonds. The molecule has 1 fully saturated rings. The molecule has 7 nitrogen and oxygen atoms in total. The van der Waals surface area contributed by atoms with Gasteiger partial charge in [0.1, 0.15) is 16.8 Å². The van der Waals surface area contributed by atoms with Crippen LogP contribution in [0.15, 0.2) is 42.6 Å². The van der Waals surface area contributed by atoms with Gasteiger partial charge in [-0.2, -0.15) is 10.4 Å². The van der Waals surface area contributed by atoms with Gasteiger partial charge in [-0.1, -0.05) is 18.2 Å². The van der Waals surface area contributed by atoms with Crippen LogP contribution in [-0.4, -0.2) is 53.1 Å². The summed E-state index contributed by atoms with van der Waals surface area (Å²) >= 11 is 6.17. The molecule has 196 valence electrons. The van der Waals surface area contributed by atoms with Gasteiger partial charge in [-0.05, 0) is 74.9 Å². The van der Waals surface area contributed by atoms with E-state index >= 15 is 0 Å². The summed E-state index contributed by atoms with van der Waals surface area (Å²) in [5, 5.41) is 16.5. The van der Waals surface area contributed by atoms with E-state index in [2.05, 4.69) is 16.3 Å². The van der Waals surface area contributed by atoms with Gasteiger partial charge in [0.2, 0.25) is 0 Å². The van der Waals surface area contributed by atoms with E-state index in [1.807, 2.05) is 45.0 Å². The van der Waals surface area contributed by atoms with E-state index in [1.54, 1.807) is 11.1 Å². The zero-order valence-corrected chi connectivity index (χ0v) is 22.1. The number of carbonyl (C=O) groups is 1. The number of aromatic nitrogens is 2. The Morgan fingerprint density at radius 3 is 2.62 bits per heavy atom. The van der Waals surface area contributed by atoms with Gasteiger partial charge in [0, 0.05) is 23.9 Å². The average Bonchev–Trinajstić information content (AvgIpc) is 3.35. The van der Waals surface area contributed by atoms with E-state index in [1.165, 1.54) is 12.1 Å². The molecule has 0 bridgehead atoms. The number of amides is 1. The van der Waals surface area contributed by atoms with Crippen LogP contribution < -0.4 is 0 Å². The number of benzene rings is 2. The Labute approximate surface area is 221 Å². The molecule has 37 heavy (non-hydrogen) atoms. The number of nitrogens with one attached hydrogen (secondary N) is 1. The van der Waals surface area contributed by atoms with Crippen LogP contribution in [0.2, 0.25) is 0 Å². The molecular formula is C28H32ClFN4O3. The predicted molar refractivity (Wildman–Crippen MR) is 140 cm³/mol. The van der Waals surface area contributed by atoms with E-state index in [9.17, 15) is 14.4 Å². The van der Waals surface area contributed by atoms with E-state index in [4.69, 9.17) is 21.1 Å². The van der Waals surface area contributed by atoms with Crippen molar-refractivity contribution in [3.63, 3.8) is 0 Å². The first-order valence-electron chi connectivity index (χ1n) is 12.4. The summed E-state index contributed by atoms with van der Waals surface area (Å²) in [6, 6.07) is 12.4. The second-order valence-corrected chi connectivity index (χ2v) is 11.0. The largest absolute Gasteiger partial charge is 0.444 e. The molecule has 2 aromatic carbocycles. The molecule has 2 heterocycles. The number of rotatable bonds is 7. The van der Waals surface area contributed by atoms with Crippen LogP contribution in [0.3, 0.4) is 0 Å². The van der Waals surface area contributed by atoms with Gasteiger partial charge in [0.15, 0.2) is 0 Å². The summed E-state index contributed by atoms with van der Waals surface area (Å²) in [6.45, 7) is 7.48. The number of ether oxygens (including phenoxy) is 2. The number of hydrogen-bond donors (Lipinski definition) is 1. The second kappa shape index (κ2) is 11.1. The highest BCUT2D eigenvalue weighted by molar-refractivity contribution is 6.22. The smallest absolute Gasteiger partial charge is 0.410 e. The first-order valence-corrected chi connectivity index (χ1v) is 12.9. The van der Waals surface area contributed by atoms with Crippen molar-refractivity contribution in [1.82, 2.24) is 15.1 Å². The minimum atomic E-state index is -0.740. The summed E-state index contributed by atoms with van der Waals surface area (Å²) in [7, 11) is 0. The Balaban J connectivity index is 1.45. The van der Waals surface area contributed by atoms with Crippen molar-refractivity contribution in [2.45, 2.75) is 56.4 Å². The van der Waals surface area contributed by atoms with Gasteiger partial charge in [0.25, 0.3) is 0 Å². The number of alkyl halides is 1. The Morgan fingerprint density at radius 2 is 1.97 bits per heavy atom. The number of hydrogen-bond acceptors (Lipinski definition) is 5. The number of carbonyl (C=O) groups excluding carboxylic acids is 1. The molecule has 0 radical (unpaired) electrons. The molecule has 4 rings (SSSR count). The standard InChI is InChI=1S/C28H32ClFN4O3/c1-27(2,3)37-26(35)34-11-9-28(10-12-34,22-4-6-23(30)7-5-22)18-36-13-8-19-14-20(24(29)16-31)15-21-17-32-33-25(19)21/h4-7,14-15,17,24H,8-13,18H2,1-3H3,(H,32,33). The lowest BCUT2D eigenvalue weighted by molar-refractivity contribution is 0.00566. The average molecular weight is 527 g/mol. The third kappa shape index (κ3) is 6.41. The number of piperidine rings is 1. The Hall–Kier alpha value is -3.15. The molecule has 0 aliphatic carbocycles. The van der Waals surface area contributed by atoms with Crippen LogP contribution >= 0.6 is 11.6 Å². The van der Waals surface area contributed by atoms with Crippen LogP contribution in [-0.2, 0) is 21.3 Å². The van der Waals surface area contributed by atoms with Crippen LogP contribution in [0.25, 0.3) is 10.9 Å². The number of likely N-dealkylation sites (tertiary alicyclic amines) is 1. The zero-order chi connectivity index (χ0) is 26.6. The quantitative estimate of drug-likeness (QED) is 0.299. The maximum atomic E-state index is 13.7. The number of halogens is 2. The summed E-state index contributed by atoms with van der Waals surface area (Å²) < 4.78 is 25.5. The fourth-order valence-corrected chi connectivity index (χ4v) is 4.91. The monoisotopic (exact) mass is 526 g/mol. The molecule has 0 saturated carbocycles. The van der Waals surface area contributed by atoms with E-state index < -0.39 is 11.0 Å². The van der Waals surface area contributed by atoms with Crippen molar-refractivity contribution in [3.05, 3.63) is 65.1 Å². The van der Waals surface area contributed by atoms with Gasteiger partial charge in [-0.15, -0.1) is 11.6 Å². The van der Waals surface area contributed by atoms with Gasteiger partial charge < -0.3 is 14.4 Å². The zero-order valence-electron chi connectivity index (χ0n) is 21.4. The van der Waals surface area contributed by atoms with Crippen molar-refractivity contribution in [3.8, 4) is 6.07 Å². The lowest BCUT2D eigenvalue weighted by atomic mass is 9.73. The molecule has 1 unspecified atom stereocenters. The molecule has 0 spiro atoms. The SMILES string of the molecule is CC(C)(C)OC(=O)N1CCC(COCCc2cc(C(Cl)C#N)cc3cn[nH]c23)(c2ccc(F)cc2)CC1. The van der Waals surface area contributed by atoms with Crippen molar-refractivity contribution < 1.29 is 18.7 Å². The number of aromatic amines is 1. The Morgan fingerprint density at radius 1 is 1.27 bits per heavy atom. The van der Waals surface area contributed by atoms with Crippen molar-refractivity contribution in [2.24, 2.45) is 0 Å². The molecule has 1 atom stereocenters. The topological polar surface area (TPSA) is 91.2 Å². The first kappa shape index (κ1) is 26.9. The third-order valence-corrected chi connectivity index (χ3v) is 7.13. The Bertz CT molecular complexity index is 1270. The van der Waals surface area contributed by atoms with Gasteiger partial charge in [0.05, 0.1) is 31.0 Å². The normalized spacial score (nSPS) is 16.4. The highest BCUT2D eigenvalue weighted by atomic mass is 35.5. The van der Waals surface area contributed by atoms with Crippen LogP contribution in [0.5, 0.6) is 0 Å². The maximum Gasteiger partial charge on any atom is 0.410 e. The fourth-order valence-electron chi connectivity index (χ4n) is 4.79. The van der Waals surface area contributed by atoms with Crippen LogP contribution in [0.1, 0.15) is 55.7 Å². The van der Waals surface area contributed by atoms with Gasteiger partial charge in [-0.25, -0.2) is 9.18 Å². The van der Waals surface area contributed by atoms with Gasteiger partial charge in [-0.3, -0.25) is 5.10 Å². The summed E-state index contributed by atoms with van der Waals surface area (Å²) in [4.78, 5) is 14.3. The maximum absolute atomic E-state index is 13.7. The second-order valence-electron chi connectivity index (χ2n) is 10.6. The molecule has 1 N–H and O–H groups in total. The molecule has 1 saturated heterocycles. The van der Waals surface area contributed by atoms with Crippen molar-refractivity contribution >= 4 is 28.6 Å².